The predicted octanol–water partition coefficient (Wildman–Crippen LogP) is 3.89. The van der Waals surface area contributed by atoms with Gasteiger partial charge in [0.2, 0.25) is 0 Å². The third kappa shape index (κ3) is 3.83. The quantitative estimate of drug-likeness (QED) is 0.861. The van der Waals surface area contributed by atoms with Gasteiger partial charge in [-0.2, -0.15) is 0 Å². The number of aliphatic hydroxyl groups excluding tert-OH is 1. The van der Waals surface area contributed by atoms with Gasteiger partial charge in [0, 0.05) is 18.9 Å². The molecular weight excluding hydrogens is 234 g/mol. The summed E-state index contributed by atoms with van der Waals surface area (Å²) in [6.45, 7) is 4.87. The second-order valence-corrected chi connectivity index (χ2v) is 5.14. The number of rotatable bonds is 5. The highest BCUT2D eigenvalue weighted by Crippen LogP contribution is 2.21. The van der Waals surface area contributed by atoms with E-state index in [2.05, 4.69) is 28.9 Å². The van der Waals surface area contributed by atoms with E-state index in [0.717, 1.165) is 12.1 Å². The summed E-state index contributed by atoms with van der Waals surface area (Å²) in [7, 11) is 0. The summed E-state index contributed by atoms with van der Waals surface area (Å²) >= 11 is 0. The van der Waals surface area contributed by atoms with Gasteiger partial charge >= 0.3 is 0 Å². The van der Waals surface area contributed by atoms with E-state index in [0.29, 0.717) is 0 Å². The Labute approximate surface area is 115 Å². The summed E-state index contributed by atoms with van der Waals surface area (Å²) in [5, 5.41) is 9.98. The number of allylic oxidation sites excluding steroid dienone is 1. The Morgan fingerprint density at radius 2 is 1.89 bits per heavy atom. The van der Waals surface area contributed by atoms with Gasteiger partial charge in [0.15, 0.2) is 0 Å². The third-order valence-electron chi connectivity index (χ3n) is 3.17. The minimum Gasteiger partial charge on any atom is -0.388 e. The van der Waals surface area contributed by atoms with Crippen LogP contribution in [-0.2, 0) is 6.54 Å². The number of hydrogen-bond donors (Lipinski definition) is 1. The van der Waals surface area contributed by atoms with Crippen molar-refractivity contribution in [3.05, 3.63) is 66.0 Å². The summed E-state index contributed by atoms with van der Waals surface area (Å²) < 4.78 is 2.08. The number of nitrogens with zero attached hydrogens (tertiary/aromatic N) is 1. The van der Waals surface area contributed by atoms with Crippen molar-refractivity contribution in [2.24, 2.45) is 5.92 Å². The van der Waals surface area contributed by atoms with Crippen molar-refractivity contribution < 1.29 is 5.11 Å². The first-order valence-electron chi connectivity index (χ1n) is 6.72. The molecule has 0 saturated carbocycles. The van der Waals surface area contributed by atoms with Crippen LogP contribution in [0, 0.1) is 5.92 Å². The molecule has 1 atom stereocenters. The Hall–Kier alpha value is -1.80. The SMILES string of the molecule is CC(C)C(O)c1ccn(CC=Cc2ccccc2)c1. The van der Waals surface area contributed by atoms with Crippen LogP contribution >= 0.6 is 0 Å². The van der Waals surface area contributed by atoms with Gasteiger partial charge in [-0.15, -0.1) is 0 Å². The molecule has 1 aromatic carbocycles. The zero-order chi connectivity index (χ0) is 13.7. The van der Waals surface area contributed by atoms with Gasteiger partial charge in [-0.3, -0.25) is 0 Å². The lowest BCUT2D eigenvalue weighted by molar-refractivity contribution is 0.127. The van der Waals surface area contributed by atoms with E-state index in [1.807, 2.05) is 50.5 Å². The molecular formula is C17H21NO. The summed E-state index contributed by atoms with van der Waals surface area (Å²) in [4.78, 5) is 0. The smallest absolute Gasteiger partial charge is 0.0827 e. The van der Waals surface area contributed by atoms with Crippen LogP contribution in [0.2, 0.25) is 0 Å². The van der Waals surface area contributed by atoms with Gasteiger partial charge in [-0.25, -0.2) is 0 Å². The third-order valence-corrected chi connectivity index (χ3v) is 3.17. The molecule has 0 aliphatic carbocycles. The number of benzene rings is 1. The van der Waals surface area contributed by atoms with Crippen molar-refractivity contribution in [2.45, 2.75) is 26.5 Å². The molecule has 1 unspecified atom stereocenters. The Morgan fingerprint density at radius 3 is 2.58 bits per heavy atom. The molecule has 0 spiro atoms. The molecule has 2 nitrogen and oxygen atoms in total. The minimum atomic E-state index is -0.376. The lowest BCUT2D eigenvalue weighted by Gasteiger charge is -2.12. The fourth-order valence-electron chi connectivity index (χ4n) is 2.01. The summed E-state index contributed by atoms with van der Waals surface area (Å²) in [6, 6.07) is 12.2. The maximum absolute atomic E-state index is 9.98. The number of aliphatic hydroxyl groups is 1. The standard InChI is InChI=1S/C17H21NO/c1-14(2)17(19)16-10-12-18(13-16)11-6-9-15-7-4-3-5-8-15/h3-10,12-14,17,19H,11H2,1-2H3. The van der Waals surface area contributed by atoms with Crippen LogP contribution in [0.1, 0.15) is 31.1 Å². The van der Waals surface area contributed by atoms with Gasteiger partial charge in [-0.05, 0) is 23.1 Å². The van der Waals surface area contributed by atoms with Crippen molar-refractivity contribution in [3.63, 3.8) is 0 Å². The molecule has 1 aromatic heterocycles. The molecule has 2 rings (SSSR count). The second-order valence-electron chi connectivity index (χ2n) is 5.14. The molecule has 0 radical (unpaired) electrons. The Balaban J connectivity index is 1.96. The van der Waals surface area contributed by atoms with E-state index in [9.17, 15) is 5.11 Å². The van der Waals surface area contributed by atoms with E-state index in [-0.39, 0.29) is 12.0 Å². The van der Waals surface area contributed by atoms with Crippen molar-refractivity contribution >= 4 is 6.08 Å². The molecule has 0 fully saturated rings. The van der Waals surface area contributed by atoms with Gasteiger partial charge in [-0.1, -0.05) is 56.3 Å². The van der Waals surface area contributed by atoms with Gasteiger partial charge < -0.3 is 9.67 Å². The molecule has 19 heavy (non-hydrogen) atoms. The van der Waals surface area contributed by atoms with Crippen molar-refractivity contribution in [3.8, 4) is 0 Å². The average molecular weight is 255 g/mol. The summed E-state index contributed by atoms with van der Waals surface area (Å²) in [6.07, 6.45) is 7.88. The highest BCUT2D eigenvalue weighted by atomic mass is 16.3. The van der Waals surface area contributed by atoms with Gasteiger partial charge in [0.1, 0.15) is 0 Å². The molecule has 1 heterocycles. The number of aromatic nitrogens is 1. The molecule has 0 amide bonds. The largest absolute Gasteiger partial charge is 0.388 e. The molecule has 0 aliphatic heterocycles. The molecule has 100 valence electrons. The minimum absolute atomic E-state index is 0.246. The first-order chi connectivity index (χ1) is 9.16. The summed E-state index contributed by atoms with van der Waals surface area (Å²) in [5.41, 5.74) is 2.19. The fourth-order valence-corrected chi connectivity index (χ4v) is 2.01. The molecule has 2 aromatic rings. The van der Waals surface area contributed by atoms with Crippen LogP contribution < -0.4 is 0 Å². The van der Waals surface area contributed by atoms with Crippen LogP contribution in [0.3, 0.4) is 0 Å². The molecule has 2 heteroatoms. The van der Waals surface area contributed by atoms with E-state index in [4.69, 9.17) is 0 Å². The van der Waals surface area contributed by atoms with E-state index < -0.39 is 0 Å². The Kier molecular flexibility index (Phi) is 4.58. The van der Waals surface area contributed by atoms with Crippen LogP contribution in [0.25, 0.3) is 6.08 Å². The molecule has 0 saturated heterocycles. The zero-order valence-corrected chi connectivity index (χ0v) is 11.5. The highest BCUT2D eigenvalue weighted by Gasteiger charge is 2.12. The van der Waals surface area contributed by atoms with E-state index in [1.54, 1.807) is 0 Å². The first kappa shape index (κ1) is 13.6. The second kappa shape index (κ2) is 6.39. The predicted molar refractivity (Wildman–Crippen MR) is 79.7 cm³/mol. The average Bonchev–Trinajstić information content (AvgIpc) is 2.88. The zero-order valence-electron chi connectivity index (χ0n) is 11.5. The molecule has 0 bridgehead atoms. The number of hydrogen-bond acceptors (Lipinski definition) is 1. The van der Waals surface area contributed by atoms with Gasteiger partial charge in [0.05, 0.1) is 6.10 Å². The summed E-state index contributed by atoms with van der Waals surface area (Å²) in [5.74, 6) is 0.246. The normalized spacial score (nSPS) is 13.3. The van der Waals surface area contributed by atoms with Gasteiger partial charge in [0.25, 0.3) is 0 Å². The highest BCUT2D eigenvalue weighted by molar-refractivity contribution is 5.48. The maximum Gasteiger partial charge on any atom is 0.0827 e. The van der Waals surface area contributed by atoms with E-state index >= 15 is 0 Å². The molecule has 0 aliphatic rings. The van der Waals surface area contributed by atoms with Crippen molar-refractivity contribution in [2.75, 3.05) is 0 Å². The lowest BCUT2D eigenvalue weighted by Crippen LogP contribution is -2.04. The lowest BCUT2D eigenvalue weighted by atomic mass is 10.0. The molecule has 1 N–H and O–H groups in total. The van der Waals surface area contributed by atoms with Crippen LogP contribution in [0.15, 0.2) is 54.9 Å². The van der Waals surface area contributed by atoms with Crippen molar-refractivity contribution in [1.29, 1.82) is 0 Å². The van der Waals surface area contributed by atoms with Crippen LogP contribution in [-0.4, -0.2) is 9.67 Å². The van der Waals surface area contributed by atoms with Crippen molar-refractivity contribution in [1.82, 2.24) is 4.57 Å². The Bertz CT molecular complexity index is 525. The van der Waals surface area contributed by atoms with Crippen LogP contribution in [0.4, 0.5) is 0 Å². The fraction of sp³-hybridized carbons (Fsp3) is 0.294. The van der Waals surface area contributed by atoms with E-state index in [1.165, 1.54) is 5.56 Å². The maximum atomic E-state index is 9.98. The first-order valence-corrected chi connectivity index (χ1v) is 6.72. The van der Waals surface area contributed by atoms with Crippen LogP contribution in [0.5, 0.6) is 0 Å². The Morgan fingerprint density at radius 1 is 1.16 bits per heavy atom. The monoisotopic (exact) mass is 255 g/mol. The topological polar surface area (TPSA) is 25.2 Å².